The zero-order valence-electron chi connectivity index (χ0n) is 14.4. The summed E-state index contributed by atoms with van der Waals surface area (Å²) >= 11 is 6.05. The molecule has 0 unspecified atom stereocenters. The Morgan fingerprint density at radius 3 is 2.69 bits per heavy atom. The van der Waals surface area contributed by atoms with Gasteiger partial charge in [0.1, 0.15) is 0 Å². The van der Waals surface area contributed by atoms with Gasteiger partial charge in [-0.2, -0.15) is 0 Å². The van der Waals surface area contributed by atoms with Gasteiger partial charge in [0.05, 0.1) is 5.69 Å². The summed E-state index contributed by atoms with van der Waals surface area (Å²) in [7, 11) is 0. The number of halogens is 2. The van der Waals surface area contributed by atoms with Crippen LogP contribution < -0.4 is 5.73 Å². The second kappa shape index (κ2) is 8.95. The van der Waals surface area contributed by atoms with E-state index in [9.17, 15) is 4.79 Å². The average Bonchev–Trinajstić information content (AvgIpc) is 2.65. The summed E-state index contributed by atoms with van der Waals surface area (Å²) in [6.45, 7) is 2.44. The van der Waals surface area contributed by atoms with Crippen LogP contribution in [0.15, 0.2) is 60.8 Å². The van der Waals surface area contributed by atoms with Crippen LogP contribution in [0, 0.1) is 6.92 Å². The molecule has 134 valence electrons. The molecule has 1 heterocycles. The van der Waals surface area contributed by atoms with Crippen molar-refractivity contribution in [3.63, 3.8) is 0 Å². The monoisotopic (exact) mass is 386 g/mol. The number of nitrogens with two attached hydrogens (primary N) is 1. The van der Waals surface area contributed by atoms with Gasteiger partial charge in [0.25, 0.3) is 0 Å². The first-order valence-corrected chi connectivity index (χ1v) is 8.48. The summed E-state index contributed by atoms with van der Waals surface area (Å²) in [5.41, 5.74) is 11.1. The van der Waals surface area contributed by atoms with E-state index in [1.807, 2.05) is 61.5 Å². The standard InChI is InChI=1S/C21H19ClN2O.ClH/c1-14-5-6-19(22)11-18(14)12-21(25)17-4-2-3-16(10-17)20-9-15(13-23)7-8-24-20;/h2-11H,12-13,23H2,1H3;1H. The van der Waals surface area contributed by atoms with Gasteiger partial charge in [-0.3, -0.25) is 9.78 Å². The Bertz CT molecular complexity index is 925. The van der Waals surface area contributed by atoms with Crippen LogP contribution in [-0.4, -0.2) is 10.8 Å². The molecule has 0 bridgehead atoms. The summed E-state index contributed by atoms with van der Waals surface area (Å²) in [5.74, 6) is 0.0576. The Hall–Kier alpha value is -2.20. The molecule has 0 radical (unpaired) electrons. The Morgan fingerprint density at radius 1 is 1.12 bits per heavy atom. The number of rotatable bonds is 5. The van der Waals surface area contributed by atoms with Crippen LogP contribution in [-0.2, 0) is 13.0 Å². The number of ketones is 1. The Labute approximate surface area is 164 Å². The molecule has 2 N–H and O–H groups in total. The first-order valence-electron chi connectivity index (χ1n) is 8.10. The number of benzene rings is 2. The van der Waals surface area contributed by atoms with Crippen molar-refractivity contribution in [3.8, 4) is 11.3 Å². The predicted octanol–water partition coefficient (Wildman–Crippen LogP) is 5.02. The van der Waals surface area contributed by atoms with E-state index in [0.29, 0.717) is 23.6 Å². The molecule has 5 heteroatoms. The lowest BCUT2D eigenvalue weighted by Gasteiger charge is -2.08. The minimum absolute atomic E-state index is 0. The maximum absolute atomic E-state index is 12.7. The number of carbonyl (C=O) groups is 1. The molecule has 26 heavy (non-hydrogen) atoms. The van der Waals surface area contributed by atoms with Crippen LogP contribution in [0.25, 0.3) is 11.3 Å². The second-order valence-electron chi connectivity index (χ2n) is 6.01. The Kier molecular flexibility index (Phi) is 6.92. The van der Waals surface area contributed by atoms with Crippen molar-refractivity contribution in [1.29, 1.82) is 0 Å². The van der Waals surface area contributed by atoms with Gasteiger partial charge in [-0.1, -0.05) is 35.9 Å². The molecule has 0 spiro atoms. The number of Topliss-reactive ketones (excluding diaryl/α,β-unsaturated/α-hetero) is 1. The van der Waals surface area contributed by atoms with Crippen LogP contribution in [0.5, 0.6) is 0 Å². The number of aryl methyl sites for hydroxylation is 1. The summed E-state index contributed by atoms with van der Waals surface area (Å²) in [6.07, 6.45) is 2.06. The number of pyridine rings is 1. The summed E-state index contributed by atoms with van der Waals surface area (Å²) < 4.78 is 0. The zero-order valence-corrected chi connectivity index (χ0v) is 16.0. The van der Waals surface area contributed by atoms with Gasteiger partial charge in [0, 0.05) is 35.3 Å². The van der Waals surface area contributed by atoms with E-state index in [1.54, 1.807) is 6.20 Å². The van der Waals surface area contributed by atoms with Crippen molar-refractivity contribution in [1.82, 2.24) is 4.98 Å². The van der Waals surface area contributed by atoms with Crippen LogP contribution in [0.3, 0.4) is 0 Å². The molecule has 0 aliphatic rings. The van der Waals surface area contributed by atoms with E-state index >= 15 is 0 Å². The van der Waals surface area contributed by atoms with Crippen molar-refractivity contribution < 1.29 is 4.79 Å². The van der Waals surface area contributed by atoms with Crippen molar-refractivity contribution in [2.45, 2.75) is 19.9 Å². The largest absolute Gasteiger partial charge is 0.326 e. The van der Waals surface area contributed by atoms with Crippen LogP contribution in [0.1, 0.15) is 27.0 Å². The van der Waals surface area contributed by atoms with E-state index in [0.717, 1.165) is 27.9 Å². The third kappa shape index (κ3) is 4.70. The minimum Gasteiger partial charge on any atom is -0.326 e. The number of carbonyl (C=O) groups excluding carboxylic acids is 1. The summed E-state index contributed by atoms with van der Waals surface area (Å²) in [6, 6.07) is 17.0. The van der Waals surface area contributed by atoms with E-state index in [-0.39, 0.29) is 18.2 Å². The molecular weight excluding hydrogens is 367 g/mol. The lowest BCUT2D eigenvalue weighted by Crippen LogP contribution is -2.05. The maximum atomic E-state index is 12.7. The average molecular weight is 387 g/mol. The highest BCUT2D eigenvalue weighted by molar-refractivity contribution is 6.30. The van der Waals surface area contributed by atoms with Crippen LogP contribution in [0.2, 0.25) is 5.02 Å². The fourth-order valence-corrected chi connectivity index (χ4v) is 2.91. The second-order valence-corrected chi connectivity index (χ2v) is 6.44. The van der Waals surface area contributed by atoms with Crippen molar-refractivity contribution in [3.05, 3.63) is 88.1 Å². The number of aromatic nitrogens is 1. The normalized spacial score (nSPS) is 10.3. The number of hydrogen-bond acceptors (Lipinski definition) is 3. The molecule has 3 aromatic rings. The molecule has 0 aliphatic heterocycles. The van der Waals surface area contributed by atoms with Gasteiger partial charge in [-0.05, 0) is 53.9 Å². The number of hydrogen-bond donors (Lipinski definition) is 1. The highest BCUT2D eigenvalue weighted by atomic mass is 35.5. The first kappa shape index (κ1) is 20.1. The third-order valence-electron chi connectivity index (χ3n) is 4.20. The summed E-state index contributed by atoms with van der Waals surface area (Å²) in [4.78, 5) is 17.1. The molecule has 1 aromatic heterocycles. The summed E-state index contributed by atoms with van der Waals surface area (Å²) in [5, 5.41) is 0.643. The van der Waals surface area contributed by atoms with Crippen molar-refractivity contribution >= 4 is 29.8 Å². The molecule has 0 aliphatic carbocycles. The molecule has 0 saturated heterocycles. The molecule has 0 fully saturated rings. The van der Waals surface area contributed by atoms with E-state index in [1.165, 1.54) is 0 Å². The van der Waals surface area contributed by atoms with Crippen LogP contribution in [0.4, 0.5) is 0 Å². The Balaban J connectivity index is 0.00000243. The van der Waals surface area contributed by atoms with Gasteiger partial charge >= 0.3 is 0 Å². The SMILES string of the molecule is Cc1ccc(Cl)cc1CC(=O)c1cccc(-c2cc(CN)ccn2)c1.Cl. The highest BCUT2D eigenvalue weighted by Gasteiger charge is 2.11. The molecule has 0 saturated carbocycles. The van der Waals surface area contributed by atoms with Gasteiger partial charge < -0.3 is 5.73 Å². The highest BCUT2D eigenvalue weighted by Crippen LogP contribution is 2.22. The maximum Gasteiger partial charge on any atom is 0.167 e. The predicted molar refractivity (Wildman–Crippen MR) is 109 cm³/mol. The fraction of sp³-hybridized carbons (Fsp3) is 0.143. The van der Waals surface area contributed by atoms with E-state index in [4.69, 9.17) is 17.3 Å². The quantitative estimate of drug-likeness (QED) is 0.626. The zero-order chi connectivity index (χ0) is 17.8. The first-order chi connectivity index (χ1) is 12.1. The van der Waals surface area contributed by atoms with Gasteiger partial charge in [0.2, 0.25) is 0 Å². The van der Waals surface area contributed by atoms with Crippen molar-refractivity contribution in [2.24, 2.45) is 5.73 Å². The van der Waals surface area contributed by atoms with Gasteiger partial charge in [-0.25, -0.2) is 0 Å². The minimum atomic E-state index is 0. The Morgan fingerprint density at radius 2 is 1.92 bits per heavy atom. The lowest BCUT2D eigenvalue weighted by molar-refractivity contribution is 0.0993. The lowest BCUT2D eigenvalue weighted by atomic mass is 9.97. The molecule has 2 aromatic carbocycles. The van der Waals surface area contributed by atoms with E-state index < -0.39 is 0 Å². The smallest absolute Gasteiger partial charge is 0.167 e. The topological polar surface area (TPSA) is 56.0 Å². The fourth-order valence-electron chi connectivity index (χ4n) is 2.72. The molecule has 3 nitrogen and oxygen atoms in total. The van der Waals surface area contributed by atoms with E-state index in [2.05, 4.69) is 4.98 Å². The van der Waals surface area contributed by atoms with Crippen LogP contribution >= 0.6 is 24.0 Å². The molecule has 0 amide bonds. The number of nitrogens with zero attached hydrogens (tertiary/aromatic N) is 1. The molecule has 0 atom stereocenters. The molecule has 3 rings (SSSR count). The van der Waals surface area contributed by atoms with Gasteiger partial charge in [0.15, 0.2) is 5.78 Å². The molecular formula is C21H20Cl2N2O. The van der Waals surface area contributed by atoms with Gasteiger partial charge in [-0.15, -0.1) is 12.4 Å². The van der Waals surface area contributed by atoms with Crippen molar-refractivity contribution in [2.75, 3.05) is 0 Å². The third-order valence-corrected chi connectivity index (χ3v) is 4.44.